The second-order valence-electron chi connectivity index (χ2n) is 7.48. The first-order valence-corrected chi connectivity index (χ1v) is 9.57. The maximum Gasteiger partial charge on any atom is 0.226 e. The van der Waals surface area contributed by atoms with Crippen LogP contribution in [0, 0.1) is 11.8 Å². The van der Waals surface area contributed by atoms with Crippen molar-refractivity contribution in [3.05, 3.63) is 42.0 Å². The minimum atomic E-state index is -0.375. The van der Waals surface area contributed by atoms with Gasteiger partial charge in [-0.2, -0.15) is 0 Å². The van der Waals surface area contributed by atoms with Gasteiger partial charge in [-0.15, -0.1) is 0 Å². The SMILES string of the molecule is CCOC(Oc1ccc(C(CC(C)C)C(C)C)cc1)C1C=CCC=N1. The van der Waals surface area contributed by atoms with Crippen LogP contribution in [0.3, 0.4) is 0 Å². The highest BCUT2D eigenvalue weighted by Crippen LogP contribution is 2.32. The largest absolute Gasteiger partial charge is 0.462 e. The maximum absolute atomic E-state index is 6.08. The Morgan fingerprint density at radius 2 is 1.84 bits per heavy atom. The number of aliphatic imine (C=N–C) groups is 1. The number of allylic oxidation sites excluding steroid dienone is 1. The Labute approximate surface area is 153 Å². The van der Waals surface area contributed by atoms with E-state index >= 15 is 0 Å². The van der Waals surface area contributed by atoms with Crippen LogP contribution in [-0.2, 0) is 4.74 Å². The molecule has 0 fully saturated rings. The first-order chi connectivity index (χ1) is 12.0. The summed E-state index contributed by atoms with van der Waals surface area (Å²) in [5, 5.41) is 0. The molecule has 1 aliphatic rings. The summed E-state index contributed by atoms with van der Waals surface area (Å²) in [6.07, 6.45) is 7.81. The molecule has 0 aromatic heterocycles. The molecule has 1 aromatic carbocycles. The molecule has 2 rings (SSSR count). The predicted octanol–water partition coefficient (Wildman–Crippen LogP) is 5.61. The van der Waals surface area contributed by atoms with Gasteiger partial charge in [0, 0.05) is 19.2 Å². The molecule has 3 nitrogen and oxygen atoms in total. The van der Waals surface area contributed by atoms with Crippen LogP contribution in [0.2, 0.25) is 0 Å². The molecule has 0 N–H and O–H groups in total. The number of dihydropyridines is 1. The highest BCUT2D eigenvalue weighted by Gasteiger charge is 2.22. The Hall–Kier alpha value is -1.61. The zero-order valence-electron chi connectivity index (χ0n) is 16.3. The lowest BCUT2D eigenvalue weighted by Gasteiger charge is -2.25. The van der Waals surface area contributed by atoms with E-state index in [4.69, 9.17) is 9.47 Å². The average molecular weight is 344 g/mol. The first kappa shape index (κ1) is 19.7. The lowest BCUT2D eigenvalue weighted by Crippen LogP contribution is -2.33. The van der Waals surface area contributed by atoms with Gasteiger partial charge in [0.25, 0.3) is 0 Å². The molecule has 25 heavy (non-hydrogen) atoms. The Morgan fingerprint density at radius 1 is 1.12 bits per heavy atom. The summed E-state index contributed by atoms with van der Waals surface area (Å²) in [6, 6.07) is 8.45. The number of nitrogens with zero attached hydrogens (tertiary/aromatic N) is 1. The molecular weight excluding hydrogens is 310 g/mol. The van der Waals surface area contributed by atoms with Crippen molar-refractivity contribution in [3.63, 3.8) is 0 Å². The Balaban J connectivity index is 2.08. The molecule has 3 atom stereocenters. The third-order valence-electron chi connectivity index (χ3n) is 4.55. The van der Waals surface area contributed by atoms with Gasteiger partial charge < -0.3 is 9.47 Å². The van der Waals surface area contributed by atoms with Gasteiger partial charge in [-0.05, 0) is 48.8 Å². The standard InChI is InChI=1S/C22H33NO2/c1-6-24-22(21-9-7-8-14-23-21)25-19-12-10-18(11-13-19)20(17(4)5)15-16(2)3/h7,9-14,16-17,20-22H,6,8,15H2,1-5H3. The molecule has 1 aliphatic heterocycles. The zero-order chi connectivity index (χ0) is 18.2. The van der Waals surface area contributed by atoms with E-state index in [9.17, 15) is 0 Å². The fourth-order valence-electron chi connectivity index (χ4n) is 3.27. The molecule has 3 unspecified atom stereocenters. The summed E-state index contributed by atoms with van der Waals surface area (Å²) in [6.45, 7) is 11.8. The summed E-state index contributed by atoms with van der Waals surface area (Å²) >= 11 is 0. The third-order valence-corrected chi connectivity index (χ3v) is 4.55. The fraction of sp³-hybridized carbons (Fsp3) is 0.591. The van der Waals surface area contributed by atoms with Gasteiger partial charge >= 0.3 is 0 Å². The predicted molar refractivity (Wildman–Crippen MR) is 106 cm³/mol. The van der Waals surface area contributed by atoms with Crippen LogP contribution in [0.15, 0.2) is 41.4 Å². The molecule has 0 aliphatic carbocycles. The second kappa shape index (κ2) is 9.76. The van der Waals surface area contributed by atoms with E-state index in [1.807, 2.05) is 13.1 Å². The molecule has 138 valence electrons. The third kappa shape index (κ3) is 6.00. The molecule has 3 heteroatoms. The average Bonchev–Trinajstić information content (AvgIpc) is 2.60. The van der Waals surface area contributed by atoms with Crippen molar-refractivity contribution >= 4 is 6.21 Å². The van der Waals surface area contributed by atoms with Crippen molar-refractivity contribution in [1.82, 2.24) is 0 Å². The number of benzene rings is 1. The van der Waals surface area contributed by atoms with Crippen LogP contribution in [-0.4, -0.2) is 25.2 Å². The zero-order valence-corrected chi connectivity index (χ0v) is 16.3. The van der Waals surface area contributed by atoms with E-state index < -0.39 is 0 Å². The second-order valence-corrected chi connectivity index (χ2v) is 7.48. The monoisotopic (exact) mass is 343 g/mol. The number of ether oxygens (including phenoxy) is 2. The minimum absolute atomic E-state index is 0.0715. The number of rotatable bonds is 9. The molecule has 0 bridgehead atoms. The van der Waals surface area contributed by atoms with Crippen LogP contribution < -0.4 is 4.74 Å². The summed E-state index contributed by atoms with van der Waals surface area (Å²) in [4.78, 5) is 4.48. The molecular formula is C22H33NO2. The van der Waals surface area contributed by atoms with Gasteiger partial charge in [0.2, 0.25) is 6.29 Å². The van der Waals surface area contributed by atoms with E-state index in [0.29, 0.717) is 24.4 Å². The molecule has 1 heterocycles. The van der Waals surface area contributed by atoms with Crippen molar-refractivity contribution < 1.29 is 9.47 Å². The number of hydrogen-bond donors (Lipinski definition) is 0. The van der Waals surface area contributed by atoms with Crippen molar-refractivity contribution in [2.75, 3.05) is 6.61 Å². The Bertz CT molecular complexity index is 548. The van der Waals surface area contributed by atoms with Crippen LogP contribution in [0.1, 0.15) is 58.9 Å². The van der Waals surface area contributed by atoms with E-state index in [1.54, 1.807) is 0 Å². The summed E-state index contributed by atoms with van der Waals surface area (Å²) in [5.74, 6) is 2.75. The first-order valence-electron chi connectivity index (χ1n) is 9.57. The quantitative estimate of drug-likeness (QED) is 0.431. The van der Waals surface area contributed by atoms with Crippen molar-refractivity contribution in [1.29, 1.82) is 0 Å². The summed E-state index contributed by atoms with van der Waals surface area (Å²) in [7, 11) is 0. The molecule has 0 radical (unpaired) electrons. The van der Waals surface area contributed by atoms with Gasteiger partial charge in [0.15, 0.2) is 0 Å². The van der Waals surface area contributed by atoms with Gasteiger partial charge in [-0.25, -0.2) is 0 Å². The van der Waals surface area contributed by atoms with Crippen LogP contribution in [0.4, 0.5) is 0 Å². The van der Waals surface area contributed by atoms with Crippen LogP contribution >= 0.6 is 0 Å². The lowest BCUT2D eigenvalue weighted by atomic mass is 9.82. The maximum atomic E-state index is 6.08. The smallest absolute Gasteiger partial charge is 0.226 e. The minimum Gasteiger partial charge on any atom is -0.462 e. The van der Waals surface area contributed by atoms with Crippen LogP contribution in [0.5, 0.6) is 5.75 Å². The highest BCUT2D eigenvalue weighted by atomic mass is 16.7. The molecule has 0 spiro atoms. The molecule has 0 saturated heterocycles. The van der Waals surface area contributed by atoms with Gasteiger partial charge in [0.1, 0.15) is 11.8 Å². The van der Waals surface area contributed by atoms with Crippen LogP contribution in [0.25, 0.3) is 0 Å². The van der Waals surface area contributed by atoms with Gasteiger partial charge in [0.05, 0.1) is 0 Å². The lowest BCUT2D eigenvalue weighted by molar-refractivity contribution is -0.0813. The summed E-state index contributed by atoms with van der Waals surface area (Å²) < 4.78 is 11.9. The van der Waals surface area contributed by atoms with Crippen molar-refractivity contribution in [2.45, 2.75) is 65.7 Å². The fourth-order valence-corrected chi connectivity index (χ4v) is 3.27. The van der Waals surface area contributed by atoms with Crippen molar-refractivity contribution in [3.8, 4) is 5.75 Å². The van der Waals surface area contributed by atoms with Crippen molar-refractivity contribution in [2.24, 2.45) is 16.8 Å². The van der Waals surface area contributed by atoms with Gasteiger partial charge in [-0.3, -0.25) is 4.99 Å². The molecule has 1 aromatic rings. The normalized spacial score (nSPS) is 19.4. The van der Waals surface area contributed by atoms with E-state index in [2.05, 4.69) is 69.1 Å². The van der Waals surface area contributed by atoms with Gasteiger partial charge in [-0.1, -0.05) is 52.0 Å². The van der Waals surface area contributed by atoms with E-state index in [0.717, 1.165) is 12.2 Å². The Morgan fingerprint density at radius 3 is 2.36 bits per heavy atom. The number of hydrogen-bond acceptors (Lipinski definition) is 3. The molecule has 0 amide bonds. The molecule has 0 saturated carbocycles. The Kier molecular flexibility index (Phi) is 7.70. The van der Waals surface area contributed by atoms with E-state index in [-0.39, 0.29) is 12.3 Å². The van der Waals surface area contributed by atoms with E-state index in [1.165, 1.54) is 12.0 Å². The summed E-state index contributed by atoms with van der Waals surface area (Å²) in [5.41, 5.74) is 1.39. The highest BCUT2D eigenvalue weighted by molar-refractivity contribution is 5.61. The topological polar surface area (TPSA) is 30.8 Å².